The van der Waals surface area contributed by atoms with Crippen molar-refractivity contribution in [1.29, 1.82) is 0 Å². The van der Waals surface area contributed by atoms with E-state index in [2.05, 4.69) is 27.2 Å². The van der Waals surface area contributed by atoms with Gasteiger partial charge in [-0.05, 0) is 32.4 Å². The van der Waals surface area contributed by atoms with E-state index in [0.29, 0.717) is 59.2 Å². The van der Waals surface area contributed by atoms with Crippen LogP contribution in [0.2, 0.25) is 10.0 Å². The summed E-state index contributed by atoms with van der Waals surface area (Å²) in [7, 11) is 3.01. The Morgan fingerprint density at radius 3 is 2.50 bits per heavy atom. The SMILES string of the molecule is C=CC(=O)N[C@H]1CCOC[C@H]1Nc1ncc2cc(-c3c(Cl)c(OC)cc(OC)c3Cl)nc(OC(C)C)c2n1. The van der Waals surface area contributed by atoms with Crippen LogP contribution in [0.25, 0.3) is 22.2 Å². The zero-order valence-corrected chi connectivity index (χ0v) is 23.0. The number of amides is 1. The van der Waals surface area contributed by atoms with E-state index in [1.165, 1.54) is 20.3 Å². The molecule has 3 heterocycles. The van der Waals surface area contributed by atoms with E-state index in [4.69, 9.17) is 47.1 Å². The summed E-state index contributed by atoms with van der Waals surface area (Å²) < 4.78 is 22.5. The van der Waals surface area contributed by atoms with Gasteiger partial charge >= 0.3 is 0 Å². The molecular formula is C26H29Cl2N5O5. The molecule has 1 aromatic carbocycles. The van der Waals surface area contributed by atoms with Gasteiger partial charge in [-0.25, -0.2) is 15.0 Å². The molecule has 2 N–H and O–H groups in total. The lowest BCUT2D eigenvalue weighted by atomic mass is 10.0. The first-order chi connectivity index (χ1) is 18.2. The number of carbonyl (C=O) groups is 1. The van der Waals surface area contributed by atoms with Gasteiger partial charge in [0.15, 0.2) is 0 Å². The average molecular weight is 562 g/mol. The van der Waals surface area contributed by atoms with Gasteiger partial charge in [-0.1, -0.05) is 29.8 Å². The van der Waals surface area contributed by atoms with Gasteiger partial charge in [0, 0.05) is 29.8 Å². The largest absolute Gasteiger partial charge is 0.495 e. The number of hydrogen-bond acceptors (Lipinski definition) is 9. The van der Waals surface area contributed by atoms with E-state index in [-0.39, 0.29) is 40.0 Å². The topological polar surface area (TPSA) is 117 Å². The van der Waals surface area contributed by atoms with Gasteiger partial charge in [0.25, 0.3) is 0 Å². The van der Waals surface area contributed by atoms with Crippen molar-refractivity contribution in [3.63, 3.8) is 0 Å². The number of anilines is 1. The third kappa shape index (κ3) is 5.87. The van der Waals surface area contributed by atoms with Crippen LogP contribution in [0.15, 0.2) is 31.0 Å². The van der Waals surface area contributed by atoms with E-state index < -0.39 is 0 Å². The van der Waals surface area contributed by atoms with Crippen LogP contribution in [0.4, 0.5) is 5.95 Å². The maximum absolute atomic E-state index is 11.9. The fraction of sp³-hybridized carbons (Fsp3) is 0.385. The zero-order chi connectivity index (χ0) is 27.4. The fourth-order valence-corrected chi connectivity index (χ4v) is 4.78. The molecule has 2 aromatic heterocycles. The van der Waals surface area contributed by atoms with Gasteiger partial charge in [0.1, 0.15) is 17.0 Å². The van der Waals surface area contributed by atoms with Crippen molar-refractivity contribution in [2.24, 2.45) is 0 Å². The molecule has 4 rings (SSSR count). The van der Waals surface area contributed by atoms with Crippen molar-refractivity contribution in [2.75, 3.05) is 32.8 Å². The van der Waals surface area contributed by atoms with Crippen LogP contribution < -0.4 is 24.8 Å². The maximum atomic E-state index is 11.9. The van der Waals surface area contributed by atoms with Crippen molar-refractivity contribution < 1.29 is 23.7 Å². The molecule has 0 aliphatic carbocycles. The van der Waals surface area contributed by atoms with Crippen molar-refractivity contribution in [3.05, 3.63) is 41.0 Å². The number of benzene rings is 1. The summed E-state index contributed by atoms with van der Waals surface area (Å²) in [6.45, 7) is 8.22. The van der Waals surface area contributed by atoms with Crippen LogP contribution in [0.1, 0.15) is 20.3 Å². The van der Waals surface area contributed by atoms with Crippen LogP contribution in [0, 0.1) is 0 Å². The molecule has 0 radical (unpaired) electrons. The summed E-state index contributed by atoms with van der Waals surface area (Å²) in [5.74, 6) is 1.15. The molecule has 1 aliphatic heterocycles. The molecule has 0 spiro atoms. The third-order valence-corrected chi connectivity index (χ3v) is 6.65. The van der Waals surface area contributed by atoms with Gasteiger partial charge in [-0.2, -0.15) is 0 Å². The summed E-state index contributed by atoms with van der Waals surface area (Å²) >= 11 is 13.3. The molecule has 1 aliphatic rings. The van der Waals surface area contributed by atoms with Gasteiger partial charge in [-0.15, -0.1) is 0 Å². The lowest BCUT2D eigenvalue weighted by Gasteiger charge is -2.32. The lowest BCUT2D eigenvalue weighted by molar-refractivity contribution is -0.117. The number of nitrogens with one attached hydrogen (secondary N) is 2. The molecule has 12 heteroatoms. The van der Waals surface area contributed by atoms with Crippen LogP contribution in [0.3, 0.4) is 0 Å². The van der Waals surface area contributed by atoms with E-state index in [9.17, 15) is 4.79 Å². The Morgan fingerprint density at radius 2 is 1.87 bits per heavy atom. The predicted molar refractivity (Wildman–Crippen MR) is 147 cm³/mol. The van der Waals surface area contributed by atoms with Crippen LogP contribution in [0.5, 0.6) is 17.4 Å². The smallest absolute Gasteiger partial charge is 0.243 e. The number of pyridine rings is 1. The maximum Gasteiger partial charge on any atom is 0.243 e. The van der Waals surface area contributed by atoms with Crippen LogP contribution in [-0.2, 0) is 9.53 Å². The van der Waals surface area contributed by atoms with Crippen molar-refractivity contribution >= 4 is 46.0 Å². The van der Waals surface area contributed by atoms with Gasteiger partial charge in [0.05, 0.1) is 54.8 Å². The number of methoxy groups -OCH3 is 2. The lowest BCUT2D eigenvalue weighted by Crippen LogP contribution is -2.52. The van der Waals surface area contributed by atoms with Gasteiger partial charge in [-0.3, -0.25) is 4.79 Å². The fourth-order valence-electron chi connectivity index (χ4n) is 4.08. The van der Waals surface area contributed by atoms with Gasteiger partial charge < -0.3 is 29.6 Å². The first-order valence-corrected chi connectivity index (χ1v) is 12.7. The molecule has 0 saturated carbocycles. The van der Waals surface area contributed by atoms with Crippen LogP contribution in [-0.4, -0.2) is 66.5 Å². The number of fused-ring (bicyclic) bond motifs is 1. The number of aromatic nitrogens is 3. The van der Waals surface area contributed by atoms with Gasteiger partial charge in [0.2, 0.25) is 17.7 Å². The van der Waals surface area contributed by atoms with E-state index in [0.717, 1.165) is 0 Å². The molecule has 0 unspecified atom stereocenters. The Labute approximate surface area is 230 Å². The standard InChI is InChI=1S/C26H29Cl2N5O5/c1-6-20(34)30-15-7-8-37-12-17(15)32-26-29-11-14-9-16(31-25(24(14)33-26)38-13(2)3)21-22(27)18(35-4)10-19(36-5)23(21)28/h6,9-11,13,15,17H,1,7-8,12H2,2-5H3,(H,30,34)(H,29,32,33)/t15-,17+/m0/s1. The van der Waals surface area contributed by atoms with Crippen molar-refractivity contribution in [3.8, 4) is 28.6 Å². The highest BCUT2D eigenvalue weighted by molar-refractivity contribution is 6.41. The molecule has 202 valence electrons. The quantitative estimate of drug-likeness (QED) is 0.359. The average Bonchev–Trinajstić information content (AvgIpc) is 2.90. The number of halogens is 2. The Hall–Kier alpha value is -3.34. The summed E-state index contributed by atoms with van der Waals surface area (Å²) in [5.41, 5.74) is 1.37. The second kappa shape index (κ2) is 12.0. The Kier molecular flexibility index (Phi) is 8.76. The highest BCUT2D eigenvalue weighted by atomic mass is 35.5. The van der Waals surface area contributed by atoms with E-state index >= 15 is 0 Å². The highest BCUT2D eigenvalue weighted by Crippen LogP contribution is 2.46. The van der Waals surface area contributed by atoms with E-state index in [1.54, 1.807) is 18.3 Å². The molecule has 0 bridgehead atoms. The predicted octanol–water partition coefficient (Wildman–Crippen LogP) is 4.67. The molecule has 1 saturated heterocycles. The Morgan fingerprint density at radius 1 is 1.16 bits per heavy atom. The van der Waals surface area contributed by atoms with E-state index in [1.807, 2.05) is 13.8 Å². The second-order valence-corrected chi connectivity index (χ2v) is 9.58. The summed E-state index contributed by atoms with van der Waals surface area (Å²) in [5, 5.41) is 7.42. The molecule has 1 fully saturated rings. The number of nitrogens with zero attached hydrogens (tertiary/aromatic N) is 3. The minimum atomic E-state index is -0.251. The molecular weight excluding hydrogens is 533 g/mol. The number of carbonyl (C=O) groups excluding carboxylic acids is 1. The monoisotopic (exact) mass is 561 g/mol. The zero-order valence-electron chi connectivity index (χ0n) is 21.5. The number of hydrogen-bond donors (Lipinski definition) is 2. The van der Waals surface area contributed by atoms with Crippen molar-refractivity contribution in [1.82, 2.24) is 20.3 Å². The molecule has 10 nitrogen and oxygen atoms in total. The Balaban J connectivity index is 1.77. The highest BCUT2D eigenvalue weighted by Gasteiger charge is 2.28. The summed E-state index contributed by atoms with van der Waals surface area (Å²) in [6, 6.07) is 2.97. The molecule has 1 amide bonds. The van der Waals surface area contributed by atoms with Crippen LogP contribution >= 0.6 is 23.2 Å². The molecule has 2 atom stereocenters. The second-order valence-electron chi connectivity index (χ2n) is 8.83. The third-order valence-electron chi connectivity index (χ3n) is 5.89. The first kappa shape index (κ1) is 27.7. The number of rotatable bonds is 9. The molecule has 3 aromatic rings. The first-order valence-electron chi connectivity index (χ1n) is 12.0. The molecule has 38 heavy (non-hydrogen) atoms. The normalized spacial score (nSPS) is 17.2. The Bertz CT molecular complexity index is 1330. The minimum absolute atomic E-state index is 0.173. The van der Waals surface area contributed by atoms with Crippen molar-refractivity contribution in [2.45, 2.75) is 38.5 Å². The minimum Gasteiger partial charge on any atom is -0.495 e. The summed E-state index contributed by atoms with van der Waals surface area (Å²) in [6.07, 6.45) is 3.35. The number of ether oxygens (including phenoxy) is 4. The summed E-state index contributed by atoms with van der Waals surface area (Å²) in [4.78, 5) is 25.8.